The molecular weight excluding hydrogens is 190 g/mol. The molecule has 0 saturated carbocycles. The minimum atomic E-state index is 0.529. The SMILES string of the molecule is COc1c(C)nn(-c2ccccc2)c1N. The Balaban J connectivity index is 2.55. The van der Waals surface area contributed by atoms with Gasteiger partial charge in [-0.2, -0.15) is 5.10 Å². The van der Waals surface area contributed by atoms with E-state index in [0.29, 0.717) is 11.6 Å². The molecule has 4 heteroatoms. The van der Waals surface area contributed by atoms with E-state index in [2.05, 4.69) is 5.10 Å². The standard InChI is InChI=1S/C11H13N3O/c1-8-10(15-2)11(12)14(13-8)9-6-4-3-5-7-9/h3-7H,12H2,1-2H3. The maximum Gasteiger partial charge on any atom is 0.184 e. The summed E-state index contributed by atoms with van der Waals surface area (Å²) in [4.78, 5) is 0. The maximum atomic E-state index is 5.92. The molecule has 0 fully saturated rings. The van der Waals surface area contributed by atoms with Gasteiger partial charge in [0.25, 0.3) is 0 Å². The molecule has 0 bridgehead atoms. The number of nitrogens with zero attached hydrogens (tertiary/aromatic N) is 2. The number of anilines is 1. The summed E-state index contributed by atoms with van der Waals surface area (Å²) in [6, 6.07) is 9.73. The maximum absolute atomic E-state index is 5.92. The molecule has 78 valence electrons. The number of hydrogen-bond acceptors (Lipinski definition) is 3. The Morgan fingerprint density at radius 1 is 1.27 bits per heavy atom. The lowest BCUT2D eigenvalue weighted by molar-refractivity contribution is 0.414. The van der Waals surface area contributed by atoms with Gasteiger partial charge < -0.3 is 10.5 Å². The second-order valence-electron chi connectivity index (χ2n) is 3.25. The highest BCUT2D eigenvalue weighted by Gasteiger charge is 2.13. The molecule has 0 unspecified atom stereocenters. The van der Waals surface area contributed by atoms with Gasteiger partial charge >= 0.3 is 0 Å². The van der Waals surface area contributed by atoms with Gasteiger partial charge in [0.05, 0.1) is 12.8 Å². The zero-order valence-electron chi connectivity index (χ0n) is 8.77. The topological polar surface area (TPSA) is 53.1 Å². The summed E-state index contributed by atoms with van der Waals surface area (Å²) in [5.74, 6) is 1.17. The number of aromatic nitrogens is 2. The molecule has 1 aromatic heterocycles. The third-order valence-corrected chi connectivity index (χ3v) is 2.24. The molecule has 2 aromatic rings. The number of aryl methyl sites for hydroxylation is 1. The summed E-state index contributed by atoms with van der Waals surface area (Å²) in [5, 5.41) is 4.32. The van der Waals surface area contributed by atoms with Crippen molar-refractivity contribution in [2.45, 2.75) is 6.92 Å². The Kier molecular flexibility index (Phi) is 2.33. The molecule has 1 aromatic carbocycles. The summed E-state index contributed by atoms with van der Waals surface area (Å²) >= 11 is 0. The number of hydrogen-bond donors (Lipinski definition) is 1. The molecule has 4 nitrogen and oxygen atoms in total. The molecule has 2 N–H and O–H groups in total. The molecular formula is C11H13N3O. The Hall–Kier alpha value is -1.97. The zero-order chi connectivity index (χ0) is 10.8. The van der Waals surface area contributed by atoms with Crippen LogP contribution >= 0.6 is 0 Å². The average Bonchev–Trinajstić information content (AvgIpc) is 2.55. The molecule has 0 spiro atoms. The second kappa shape index (κ2) is 3.65. The smallest absolute Gasteiger partial charge is 0.184 e. The van der Waals surface area contributed by atoms with Gasteiger partial charge in [-0.15, -0.1) is 0 Å². The summed E-state index contributed by atoms with van der Waals surface area (Å²) in [7, 11) is 1.59. The third-order valence-electron chi connectivity index (χ3n) is 2.24. The van der Waals surface area contributed by atoms with Crippen LogP contribution in [0.25, 0.3) is 5.69 Å². The quantitative estimate of drug-likeness (QED) is 0.809. The largest absolute Gasteiger partial charge is 0.491 e. The molecule has 2 rings (SSSR count). The molecule has 0 aliphatic rings. The van der Waals surface area contributed by atoms with Crippen LogP contribution in [-0.4, -0.2) is 16.9 Å². The molecule has 0 saturated heterocycles. The van der Waals surface area contributed by atoms with Crippen LogP contribution in [0, 0.1) is 6.92 Å². The second-order valence-corrected chi connectivity index (χ2v) is 3.25. The van der Waals surface area contributed by atoms with Crippen LogP contribution in [0.15, 0.2) is 30.3 Å². The van der Waals surface area contributed by atoms with Gasteiger partial charge in [-0.3, -0.25) is 0 Å². The monoisotopic (exact) mass is 203 g/mol. The van der Waals surface area contributed by atoms with Crippen molar-refractivity contribution in [3.8, 4) is 11.4 Å². The Labute approximate surface area is 88.3 Å². The van der Waals surface area contributed by atoms with E-state index in [1.807, 2.05) is 37.3 Å². The molecule has 1 heterocycles. The van der Waals surface area contributed by atoms with E-state index in [0.717, 1.165) is 11.4 Å². The molecule has 0 aliphatic heterocycles. The minimum absolute atomic E-state index is 0.529. The average molecular weight is 203 g/mol. The van der Waals surface area contributed by atoms with E-state index in [4.69, 9.17) is 10.5 Å². The van der Waals surface area contributed by atoms with Crippen molar-refractivity contribution < 1.29 is 4.74 Å². The van der Waals surface area contributed by atoms with Gasteiger partial charge in [-0.25, -0.2) is 4.68 Å². The number of nitrogens with two attached hydrogens (primary N) is 1. The van der Waals surface area contributed by atoms with Crippen LogP contribution in [-0.2, 0) is 0 Å². The first-order valence-electron chi connectivity index (χ1n) is 4.68. The van der Waals surface area contributed by atoms with Gasteiger partial charge in [0.1, 0.15) is 5.69 Å². The summed E-state index contributed by atoms with van der Waals surface area (Å²) in [5.41, 5.74) is 7.64. The highest BCUT2D eigenvalue weighted by Crippen LogP contribution is 2.27. The minimum Gasteiger partial charge on any atom is -0.491 e. The first kappa shape index (κ1) is 9.58. The lowest BCUT2D eigenvalue weighted by Gasteiger charge is -2.03. The molecule has 0 radical (unpaired) electrons. The number of rotatable bonds is 2. The lowest BCUT2D eigenvalue weighted by Crippen LogP contribution is -2.01. The number of para-hydroxylation sites is 1. The first-order valence-corrected chi connectivity index (χ1v) is 4.68. The normalized spacial score (nSPS) is 10.3. The summed E-state index contributed by atoms with van der Waals surface area (Å²) in [6.07, 6.45) is 0. The fraction of sp³-hybridized carbons (Fsp3) is 0.182. The van der Waals surface area contributed by atoms with Crippen molar-refractivity contribution in [1.29, 1.82) is 0 Å². The van der Waals surface area contributed by atoms with Crippen LogP contribution in [0.3, 0.4) is 0 Å². The van der Waals surface area contributed by atoms with Gasteiger partial charge in [0.2, 0.25) is 0 Å². The van der Waals surface area contributed by atoms with E-state index in [1.165, 1.54) is 0 Å². The Morgan fingerprint density at radius 2 is 1.93 bits per heavy atom. The fourth-order valence-corrected chi connectivity index (χ4v) is 1.55. The Bertz CT molecular complexity index is 462. The highest BCUT2D eigenvalue weighted by molar-refractivity contribution is 5.54. The van der Waals surface area contributed by atoms with Crippen molar-refractivity contribution in [2.75, 3.05) is 12.8 Å². The van der Waals surface area contributed by atoms with Crippen LogP contribution < -0.4 is 10.5 Å². The summed E-state index contributed by atoms with van der Waals surface area (Å²) < 4.78 is 6.84. The van der Waals surface area contributed by atoms with Gasteiger partial charge in [-0.1, -0.05) is 18.2 Å². The molecule has 0 atom stereocenters. The molecule has 0 aliphatic carbocycles. The number of nitrogen functional groups attached to an aromatic ring is 1. The van der Waals surface area contributed by atoms with Crippen LogP contribution in [0.1, 0.15) is 5.69 Å². The van der Waals surface area contributed by atoms with Crippen molar-refractivity contribution in [2.24, 2.45) is 0 Å². The van der Waals surface area contributed by atoms with Crippen LogP contribution in [0.5, 0.6) is 5.75 Å². The van der Waals surface area contributed by atoms with E-state index >= 15 is 0 Å². The predicted octanol–water partition coefficient (Wildman–Crippen LogP) is 1.77. The van der Waals surface area contributed by atoms with E-state index in [-0.39, 0.29) is 0 Å². The van der Waals surface area contributed by atoms with Gasteiger partial charge in [0.15, 0.2) is 11.6 Å². The van der Waals surface area contributed by atoms with Crippen molar-refractivity contribution in [3.05, 3.63) is 36.0 Å². The lowest BCUT2D eigenvalue weighted by atomic mass is 10.3. The van der Waals surface area contributed by atoms with E-state index in [1.54, 1.807) is 11.8 Å². The summed E-state index contributed by atoms with van der Waals surface area (Å²) in [6.45, 7) is 1.87. The first-order chi connectivity index (χ1) is 7.24. The van der Waals surface area contributed by atoms with Crippen molar-refractivity contribution in [1.82, 2.24) is 9.78 Å². The predicted molar refractivity (Wildman–Crippen MR) is 59.3 cm³/mol. The van der Waals surface area contributed by atoms with Crippen molar-refractivity contribution >= 4 is 5.82 Å². The van der Waals surface area contributed by atoms with Gasteiger partial charge in [-0.05, 0) is 19.1 Å². The fourth-order valence-electron chi connectivity index (χ4n) is 1.55. The Morgan fingerprint density at radius 3 is 2.47 bits per heavy atom. The van der Waals surface area contributed by atoms with E-state index in [9.17, 15) is 0 Å². The molecule has 15 heavy (non-hydrogen) atoms. The number of benzene rings is 1. The van der Waals surface area contributed by atoms with Crippen LogP contribution in [0.4, 0.5) is 5.82 Å². The van der Waals surface area contributed by atoms with E-state index < -0.39 is 0 Å². The van der Waals surface area contributed by atoms with Crippen molar-refractivity contribution in [3.63, 3.8) is 0 Å². The highest BCUT2D eigenvalue weighted by atomic mass is 16.5. The number of ether oxygens (including phenoxy) is 1. The van der Waals surface area contributed by atoms with Crippen LogP contribution in [0.2, 0.25) is 0 Å². The molecule has 0 amide bonds. The zero-order valence-corrected chi connectivity index (χ0v) is 8.77. The third kappa shape index (κ3) is 1.54. The van der Waals surface area contributed by atoms with Gasteiger partial charge in [0, 0.05) is 0 Å². The number of methoxy groups -OCH3 is 1.